The normalized spacial score (nSPS) is 13.5. The number of hydrogen-bond donors (Lipinski definition) is 1. The molecular formula is C15H21IN2O4S. The maximum absolute atomic E-state index is 12.9. The van der Waals surface area contributed by atoms with E-state index in [0.29, 0.717) is 5.65 Å². The second kappa shape index (κ2) is 5.89. The maximum atomic E-state index is 12.9. The van der Waals surface area contributed by atoms with Crippen LogP contribution in [0.15, 0.2) is 23.4 Å². The third kappa shape index (κ3) is 3.80. The van der Waals surface area contributed by atoms with Crippen LogP contribution in [0.5, 0.6) is 5.75 Å². The first-order chi connectivity index (χ1) is 10.3. The van der Waals surface area contributed by atoms with Crippen molar-refractivity contribution in [3.05, 3.63) is 22.2 Å². The quantitative estimate of drug-likeness (QED) is 0.722. The van der Waals surface area contributed by atoms with Crippen molar-refractivity contribution in [2.75, 3.05) is 6.61 Å². The summed E-state index contributed by atoms with van der Waals surface area (Å²) < 4.78 is 32.9. The van der Waals surface area contributed by atoms with E-state index >= 15 is 0 Å². The summed E-state index contributed by atoms with van der Waals surface area (Å²) in [6, 6.07) is 1.59. The van der Waals surface area contributed by atoms with Crippen molar-refractivity contribution >= 4 is 38.1 Å². The van der Waals surface area contributed by atoms with Crippen molar-refractivity contribution in [1.82, 2.24) is 9.38 Å². The molecule has 23 heavy (non-hydrogen) atoms. The fourth-order valence-electron chi connectivity index (χ4n) is 1.86. The van der Waals surface area contributed by atoms with Crippen LogP contribution in [-0.2, 0) is 9.84 Å². The van der Waals surface area contributed by atoms with Gasteiger partial charge >= 0.3 is 0 Å². The number of fused-ring (bicyclic) bond motifs is 1. The first-order valence-electron chi connectivity index (χ1n) is 7.09. The first kappa shape index (κ1) is 18.5. The number of halogens is 1. The molecule has 0 aliphatic carbocycles. The molecule has 0 atom stereocenters. The molecule has 6 nitrogen and oxygen atoms in total. The predicted octanol–water partition coefficient (Wildman–Crippen LogP) is 2.66. The van der Waals surface area contributed by atoms with Crippen LogP contribution in [-0.4, -0.2) is 39.9 Å². The van der Waals surface area contributed by atoms with Crippen LogP contribution in [0.2, 0.25) is 0 Å². The molecule has 0 aliphatic rings. The molecule has 0 aromatic carbocycles. The standard InChI is InChI=1S/C15H21IN2O4S/c1-14(2,3)23(20,21)11-8-18-12(16)7-17-13(18)6-10(11)22-9-15(4,5)19/h6-8,19H,9H2,1-5H3. The molecule has 2 heterocycles. The Morgan fingerprint density at radius 1 is 1.30 bits per heavy atom. The topological polar surface area (TPSA) is 80.9 Å². The average molecular weight is 452 g/mol. The molecule has 0 fully saturated rings. The minimum absolute atomic E-state index is 0.0202. The van der Waals surface area contributed by atoms with Crippen LogP contribution in [0.1, 0.15) is 34.6 Å². The smallest absolute Gasteiger partial charge is 0.188 e. The summed E-state index contributed by atoms with van der Waals surface area (Å²) in [5, 5.41) is 9.85. The van der Waals surface area contributed by atoms with Gasteiger partial charge in [-0.25, -0.2) is 13.4 Å². The number of aliphatic hydroxyl groups is 1. The molecule has 128 valence electrons. The number of imidazole rings is 1. The summed E-state index contributed by atoms with van der Waals surface area (Å²) in [5.41, 5.74) is -0.480. The van der Waals surface area contributed by atoms with E-state index in [4.69, 9.17) is 4.74 Å². The number of ether oxygens (including phenoxy) is 1. The van der Waals surface area contributed by atoms with Crippen LogP contribution in [0.25, 0.3) is 5.65 Å². The zero-order valence-electron chi connectivity index (χ0n) is 13.8. The van der Waals surface area contributed by atoms with E-state index < -0.39 is 20.2 Å². The highest BCUT2D eigenvalue weighted by molar-refractivity contribution is 14.1. The third-order valence-corrected chi connectivity index (χ3v) is 6.50. The van der Waals surface area contributed by atoms with Crippen molar-refractivity contribution < 1.29 is 18.3 Å². The maximum Gasteiger partial charge on any atom is 0.188 e. The van der Waals surface area contributed by atoms with E-state index in [0.717, 1.165) is 3.70 Å². The van der Waals surface area contributed by atoms with E-state index in [1.54, 1.807) is 51.3 Å². The Kier molecular flexibility index (Phi) is 4.73. The van der Waals surface area contributed by atoms with Gasteiger partial charge in [-0.05, 0) is 57.2 Å². The zero-order valence-corrected chi connectivity index (χ0v) is 16.8. The predicted molar refractivity (Wildman–Crippen MR) is 96.6 cm³/mol. The minimum Gasteiger partial charge on any atom is -0.489 e. The highest BCUT2D eigenvalue weighted by Crippen LogP contribution is 2.33. The molecule has 0 saturated carbocycles. The van der Waals surface area contributed by atoms with Gasteiger partial charge in [0.2, 0.25) is 0 Å². The molecule has 2 aromatic rings. The number of pyridine rings is 1. The van der Waals surface area contributed by atoms with Crippen LogP contribution in [0.3, 0.4) is 0 Å². The Morgan fingerprint density at radius 3 is 2.43 bits per heavy atom. The molecule has 0 bridgehead atoms. The first-order valence-corrected chi connectivity index (χ1v) is 9.65. The summed E-state index contributed by atoms with van der Waals surface area (Å²) in [5.74, 6) is 0.205. The van der Waals surface area contributed by atoms with Crippen molar-refractivity contribution in [3.8, 4) is 5.75 Å². The highest BCUT2D eigenvalue weighted by atomic mass is 127. The van der Waals surface area contributed by atoms with E-state index in [1.165, 1.54) is 6.20 Å². The zero-order chi connectivity index (χ0) is 17.6. The Labute approximate surface area is 149 Å². The van der Waals surface area contributed by atoms with Crippen molar-refractivity contribution in [3.63, 3.8) is 0 Å². The highest BCUT2D eigenvalue weighted by Gasteiger charge is 2.34. The summed E-state index contributed by atoms with van der Waals surface area (Å²) in [6.07, 6.45) is 3.19. The van der Waals surface area contributed by atoms with Gasteiger partial charge in [0, 0.05) is 12.3 Å². The molecule has 1 N–H and O–H groups in total. The van der Waals surface area contributed by atoms with Crippen LogP contribution in [0.4, 0.5) is 0 Å². The second-order valence-electron chi connectivity index (χ2n) is 7.03. The monoisotopic (exact) mass is 452 g/mol. The molecule has 0 aliphatic heterocycles. The number of rotatable bonds is 4. The molecule has 0 spiro atoms. The van der Waals surface area contributed by atoms with E-state index in [1.807, 2.05) is 0 Å². The number of nitrogens with zero attached hydrogens (tertiary/aromatic N) is 2. The lowest BCUT2D eigenvalue weighted by Crippen LogP contribution is -2.31. The Balaban J connectivity index is 2.66. The minimum atomic E-state index is -3.62. The lowest BCUT2D eigenvalue weighted by atomic mass is 10.2. The van der Waals surface area contributed by atoms with Gasteiger partial charge in [0.1, 0.15) is 26.6 Å². The lowest BCUT2D eigenvalue weighted by Gasteiger charge is -2.23. The fraction of sp³-hybridized carbons (Fsp3) is 0.533. The van der Waals surface area contributed by atoms with E-state index in [9.17, 15) is 13.5 Å². The Bertz CT molecular complexity index is 830. The van der Waals surface area contributed by atoms with Gasteiger partial charge in [-0.3, -0.25) is 4.40 Å². The van der Waals surface area contributed by atoms with Gasteiger partial charge in [0.25, 0.3) is 0 Å². The van der Waals surface area contributed by atoms with Crippen LogP contribution >= 0.6 is 22.6 Å². The Hall–Kier alpha value is -0.870. The van der Waals surface area contributed by atoms with Gasteiger partial charge in [0.05, 0.1) is 16.5 Å². The summed E-state index contributed by atoms with van der Waals surface area (Å²) in [4.78, 5) is 4.32. The van der Waals surface area contributed by atoms with E-state index in [2.05, 4.69) is 27.6 Å². The van der Waals surface area contributed by atoms with Crippen LogP contribution in [0, 0.1) is 3.70 Å². The van der Waals surface area contributed by atoms with Gasteiger partial charge in [-0.15, -0.1) is 0 Å². The van der Waals surface area contributed by atoms with Gasteiger partial charge < -0.3 is 9.84 Å². The van der Waals surface area contributed by atoms with Gasteiger partial charge in [-0.1, -0.05) is 0 Å². The Morgan fingerprint density at radius 2 is 1.91 bits per heavy atom. The number of hydrogen-bond acceptors (Lipinski definition) is 5. The molecule has 2 rings (SSSR count). The third-order valence-electron chi connectivity index (χ3n) is 3.21. The summed E-state index contributed by atoms with van der Waals surface area (Å²) in [7, 11) is -3.62. The van der Waals surface area contributed by atoms with Gasteiger partial charge in [0.15, 0.2) is 9.84 Å². The van der Waals surface area contributed by atoms with E-state index in [-0.39, 0.29) is 17.3 Å². The summed E-state index contributed by atoms with van der Waals surface area (Å²) in [6.45, 7) is 8.11. The number of sulfone groups is 1. The molecule has 0 unspecified atom stereocenters. The van der Waals surface area contributed by atoms with Crippen molar-refractivity contribution in [1.29, 1.82) is 0 Å². The van der Waals surface area contributed by atoms with Crippen molar-refractivity contribution in [2.45, 2.75) is 49.9 Å². The van der Waals surface area contributed by atoms with Crippen molar-refractivity contribution in [2.24, 2.45) is 0 Å². The molecule has 0 radical (unpaired) electrons. The SMILES string of the molecule is CC(C)(O)COc1cc2ncc(I)n2cc1S(=O)(=O)C(C)(C)C. The molecule has 0 saturated heterocycles. The fourth-order valence-corrected chi connectivity index (χ4v) is 3.67. The second-order valence-corrected chi connectivity index (χ2v) is 10.8. The number of aromatic nitrogens is 2. The largest absolute Gasteiger partial charge is 0.489 e. The molecule has 2 aromatic heterocycles. The summed E-state index contributed by atoms with van der Waals surface area (Å²) >= 11 is 2.09. The van der Waals surface area contributed by atoms with Crippen LogP contribution < -0.4 is 4.74 Å². The van der Waals surface area contributed by atoms with Gasteiger partial charge in [-0.2, -0.15) is 0 Å². The average Bonchev–Trinajstić information content (AvgIpc) is 2.74. The molecule has 8 heteroatoms. The molecular weight excluding hydrogens is 431 g/mol. The lowest BCUT2D eigenvalue weighted by molar-refractivity contribution is 0.0274. The molecule has 0 amide bonds.